The van der Waals surface area contributed by atoms with Gasteiger partial charge in [0.25, 0.3) is 10.0 Å². The molecule has 9 heteroatoms. The van der Waals surface area contributed by atoms with Crippen LogP contribution in [0.2, 0.25) is 0 Å². The molecule has 4 aromatic rings. The second kappa shape index (κ2) is 16.1. The first-order valence-corrected chi connectivity index (χ1v) is 17.8. The summed E-state index contributed by atoms with van der Waals surface area (Å²) in [7, 11) is -4.16. The second-order valence-electron chi connectivity index (χ2n) is 11.5. The van der Waals surface area contributed by atoms with Gasteiger partial charge in [-0.25, -0.2) is 8.42 Å². The van der Waals surface area contributed by atoms with E-state index in [1.54, 1.807) is 36.4 Å². The summed E-state index contributed by atoms with van der Waals surface area (Å²) in [5.74, 6) is -0.768. The lowest BCUT2D eigenvalue weighted by molar-refractivity contribution is -0.140. The molecule has 0 fully saturated rings. The van der Waals surface area contributed by atoms with E-state index in [9.17, 15) is 18.0 Å². The molecule has 46 heavy (non-hydrogen) atoms. The van der Waals surface area contributed by atoms with E-state index in [0.29, 0.717) is 12.1 Å². The molecule has 0 radical (unpaired) electrons. The van der Waals surface area contributed by atoms with Gasteiger partial charge < -0.3 is 10.2 Å². The van der Waals surface area contributed by atoms with Gasteiger partial charge in [-0.05, 0) is 73.7 Å². The third-order valence-corrected chi connectivity index (χ3v) is 10.4. The van der Waals surface area contributed by atoms with Gasteiger partial charge in [-0.15, -0.1) is 0 Å². The monoisotopic (exact) mass is 703 g/mol. The number of carbonyl (C=O) groups is 2. The molecule has 0 aliphatic rings. The summed E-state index contributed by atoms with van der Waals surface area (Å²) in [4.78, 5) is 30.2. The van der Waals surface area contributed by atoms with Crippen LogP contribution in [-0.4, -0.2) is 43.8 Å². The van der Waals surface area contributed by atoms with Gasteiger partial charge in [0, 0.05) is 23.5 Å². The lowest BCUT2D eigenvalue weighted by Crippen LogP contribution is -2.54. The Morgan fingerprint density at radius 3 is 2.09 bits per heavy atom. The first kappa shape index (κ1) is 34.9. The van der Waals surface area contributed by atoms with E-state index < -0.39 is 28.5 Å². The number of aryl methyl sites for hydroxylation is 2. The summed E-state index contributed by atoms with van der Waals surface area (Å²) >= 11 is 3.47. The largest absolute Gasteiger partial charge is 0.352 e. The number of anilines is 1. The Balaban J connectivity index is 1.83. The second-order valence-corrected chi connectivity index (χ2v) is 14.3. The van der Waals surface area contributed by atoms with Gasteiger partial charge in [-0.3, -0.25) is 13.9 Å². The van der Waals surface area contributed by atoms with Gasteiger partial charge in [-0.2, -0.15) is 0 Å². The molecule has 0 heterocycles. The molecule has 0 bridgehead atoms. The standard InChI is InChI=1S/C37H42BrN3O4S/c1-5-28(4)39-37(43)35(24-29-12-8-7-9-13-29)40(25-30-18-20-32(38)21-19-30)36(42)26-41(34-15-11-10-14-31(34)6-2)46(44,45)33-22-16-27(3)17-23-33/h7-23,28,35H,5-6,24-26H2,1-4H3,(H,39,43)/t28-,35+/m0/s1. The number of halogens is 1. The molecule has 0 saturated carbocycles. The lowest BCUT2D eigenvalue weighted by Gasteiger charge is -2.34. The Morgan fingerprint density at radius 2 is 1.46 bits per heavy atom. The molecule has 4 rings (SSSR count). The zero-order valence-corrected chi connectivity index (χ0v) is 29.2. The summed E-state index contributed by atoms with van der Waals surface area (Å²) in [5, 5.41) is 3.07. The average Bonchev–Trinajstić information content (AvgIpc) is 3.06. The Kier molecular flexibility index (Phi) is 12.2. The van der Waals surface area contributed by atoms with E-state index in [-0.39, 0.29) is 29.8 Å². The van der Waals surface area contributed by atoms with Crippen LogP contribution in [0.25, 0.3) is 0 Å². The van der Waals surface area contributed by atoms with E-state index >= 15 is 0 Å². The molecule has 0 unspecified atom stereocenters. The minimum absolute atomic E-state index is 0.0895. The molecule has 0 aliphatic carbocycles. The Hall–Kier alpha value is -3.95. The summed E-state index contributed by atoms with van der Waals surface area (Å²) in [6.45, 7) is 7.39. The van der Waals surface area contributed by atoms with Crippen molar-refractivity contribution < 1.29 is 18.0 Å². The molecular weight excluding hydrogens is 662 g/mol. The Labute approximate surface area is 281 Å². The average molecular weight is 705 g/mol. The van der Waals surface area contributed by atoms with Gasteiger partial charge >= 0.3 is 0 Å². The first-order chi connectivity index (χ1) is 22.0. The summed E-state index contributed by atoms with van der Waals surface area (Å²) in [6, 6.07) is 30.0. The number of rotatable bonds is 14. The van der Waals surface area contributed by atoms with E-state index in [2.05, 4.69) is 21.2 Å². The van der Waals surface area contributed by atoms with Gasteiger partial charge in [0.2, 0.25) is 11.8 Å². The van der Waals surface area contributed by atoms with Crippen LogP contribution in [0.5, 0.6) is 0 Å². The number of carbonyl (C=O) groups excluding carboxylic acids is 2. The summed E-state index contributed by atoms with van der Waals surface area (Å²) in [6.07, 6.45) is 1.56. The smallest absolute Gasteiger partial charge is 0.264 e. The Morgan fingerprint density at radius 1 is 0.826 bits per heavy atom. The number of nitrogens with one attached hydrogen (secondary N) is 1. The van der Waals surface area contributed by atoms with Crippen molar-refractivity contribution in [3.05, 3.63) is 130 Å². The van der Waals surface area contributed by atoms with Crippen molar-refractivity contribution in [1.82, 2.24) is 10.2 Å². The molecule has 242 valence electrons. The van der Waals surface area contributed by atoms with Crippen molar-refractivity contribution in [3.63, 3.8) is 0 Å². The van der Waals surface area contributed by atoms with Gasteiger partial charge in [-0.1, -0.05) is 108 Å². The first-order valence-electron chi connectivity index (χ1n) is 15.6. The zero-order chi connectivity index (χ0) is 33.3. The van der Waals surface area contributed by atoms with E-state index in [1.165, 1.54) is 9.21 Å². The number of hydrogen-bond donors (Lipinski definition) is 1. The van der Waals surface area contributed by atoms with Gasteiger partial charge in [0.1, 0.15) is 12.6 Å². The van der Waals surface area contributed by atoms with Gasteiger partial charge in [0.15, 0.2) is 0 Å². The van der Waals surface area contributed by atoms with Crippen LogP contribution in [0.3, 0.4) is 0 Å². The quantitative estimate of drug-likeness (QED) is 0.152. The molecule has 0 saturated heterocycles. The SMILES string of the molecule is CCc1ccccc1N(CC(=O)N(Cc1ccc(Br)cc1)[C@H](Cc1ccccc1)C(=O)N[C@@H](C)CC)S(=O)(=O)c1ccc(C)cc1. The molecule has 0 spiro atoms. The van der Waals surface area contributed by atoms with E-state index in [1.807, 2.05) is 94.4 Å². The number of para-hydroxylation sites is 1. The molecular formula is C37H42BrN3O4S. The highest BCUT2D eigenvalue weighted by Gasteiger charge is 2.35. The normalized spacial score (nSPS) is 12.6. The third kappa shape index (κ3) is 8.85. The van der Waals surface area contributed by atoms with Crippen molar-refractivity contribution in [3.8, 4) is 0 Å². The number of sulfonamides is 1. The van der Waals surface area contributed by atoms with Crippen molar-refractivity contribution in [2.75, 3.05) is 10.8 Å². The minimum Gasteiger partial charge on any atom is -0.352 e. The summed E-state index contributed by atoms with van der Waals surface area (Å²) < 4.78 is 30.7. The fourth-order valence-corrected chi connectivity index (χ4v) is 6.90. The number of benzene rings is 4. The van der Waals surface area contributed by atoms with Crippen LogP contribution in [0.15, 0.2) is 112 Å². The van der Waals surface area contributed by atoms with Crippen molar-refractivity contribution in [2.24, 2.45) is 0 Å². The highest BCUT2D eigenvalue weighted by atomic mass is 79.9. The van der Waals surface area contributed by atoms with Crippen molar-refractivity contribution in [2.45, 2.75) is 70.5 Å². The van der Waals surface area contributed by atoms with Crippen molar-refractivity contribution in [1.29, 1.82) is 0 Å². The maximum atomic E-state index is 14.7. The molecule has 0 aliphatic heterocycles. The molecule has 7 nitrogen and oxygen atoms in total. The molecule has 1 N–H and O–H groups in total. The van der Waals surface area contributed by atoms with Crippen LogP contribution < -0.4 is 9.62 Å². The van der Waals surface area contributed by atoms with Crippen LogP contribution in [0, 0.1) is 6.92 Å². The maximum absolute atomic E-state index is 14.7. The molecule has 4 aromatic carbocycles. The maximum Gasteiger partial charge on any atom is 0.264 e. The van der Waals surface area contributed by atoms with E-state index in [0.717, 1.165) is 33.1 Å². The molecule has 2 amide bonds. The van der Waals surface area contributed by atoms with E-state index in [4.69, 9.17) is 0 Å². The zero-order valence-electron chi connectivity index (χ0n) is 26.8. The number of hydrogen-bond acceptors (Lipinski definition) is 4. The van der Waals surface area contributed by atoms with Gasteiger partial charge in [0.05, 0.1) is 10.6 Å². The fourth-order valence-electron chi connectivity index (χ4n) is 5.19. The predicted molar refractivity (Wildman–Crippen MR) is 188 cm³/mol. The Bertz CT molecular complexity index is 1710. The number of nitrogens with zero attached hydrogens (tertiary/aromatic N) is 2. The predicted octanol–water partition coefficient (Wildman–Crippen LogP) is 7.07. The summed E-state index contributed by atoms with van der Waals surface area (Å²) in [5.41, 5.74) is 3.85. The topological polar surface area (TPSA) is 86.8 Å². The van der Waals surface area contributed by atoms with Crippen LogP contribution in [0.1, 0.15) is 49.4 Å². The van der Waals surface area contributed by atoms with Crippen molar-refractivity contribution >= 4 is 43.5 Å². The highest BCUT2D eigenvalue weighted by Crippen LogP contribution is 2.29. The fraction of sp³-hybridized carbons (Fsp3) is 0.297. The van der Waals surface area contributed by atoms with Crippen LogP contribution >= 0.6 is 15.9 Å². The third-order valence-electron chi connectivity index (χ3n) is 8.07. The van der Waals surface area contributed by atoms with Crippen LogP contribution in [-0.2, 0) is 39.0 Å². The number of amides is 2. The minimum atomic E-state index is -4.16. The highest BCUT2D eigenvalue weighted by molar-refractivity contribution is 9.10. The molecule has 2 atom stereocenters. The van der Waals surface area contributed by atoms with Crippen LogP contribution in [0.4, 0.5) is 5.69 Å². The lowest BCUT2D eigenvalue weighted by atomic mass is 10.0. The molecule has 0 aromatic heterocycles.